The minimum atomic E-state index is 0.136. The summed E-state index contributed by atoms with van der Waals surface area (Å²) in [6, 6.07) is 0. The van der Waals surface area contributed by atoms with Crippen molar-refractivity contribution in [1.82, 2.24) is 0 Å². The molecule has 3 aliphatic rings. The van der Waals surface area contributed by atoms with Gasteiger partial charge in [0.1, 0.15) is 11.6 Å². The maximum absolute atomic E-state index is 13.1. The van der Waals surface area contributed by atoms with E-state index in [-0.39, 0.29) is 23.7 Å². The number of Topliss-reactive ketones (excluding diaryl/α,β-unsaturated/α-hetero) is 2. The first-order valence-electron chi connectivity index (χ1n) is 10.6. The highest BCUT2D eigenvalue weighted by atomic mass is 16.1. The van der Waals surface area contributed by atoms with Crippen LogP contribution in [0.4, 0.5) is 0 Å². The van der Waals surface area contributed by atoms with Crippen molar-refractivity contribution in [2.45, 2.75) is 90.9 Å². The predicted octanol–water partition coefficient (Wildman–Crippen LogP) is 5.58. The Morgan fingerprint density at radius 3 is 2.12 bits per heavy atom. The summed E-state index contributed by atoms with van der Waals surface area (Å²) in [5.41, 5.74) is 0. The Hall–Kier alpha value is -0.660. The fourth-order valence-corrected chi connectivity index (χ4v) is 6.22. The molecular weight excluding hydrogens is 296 g/mol. The van der Waals surface area contributed by atoms with E-state index in [0.29, 0.717) is 29.8 Å². The third-order valence-electron chi connectivity index (χ3n) is 7.38. The summed E-state index contributed by atoms with van der Waals surface area (Å²) in [6.07, 6.45) is 14.2. The average molecular weight is 333 g/mol. The van der Waals surface area contributed by atoms with Crippen LogP contribution in [0, 0.1) is 35.5 Å². The van der Waals surface area contributed by atoms with Gasteiger partial charge in [-0.05, 0) is 36.5 Å². The van der Waals surface area contributed by atoms with Crippen LogP contribution in [0.2, 0.25) is 0 Å². The topological polar surface area (TPSA) is 34.1 Å². The van der Waals surface area contributed by atoms with E-state index in [1.165, 1.54) is 64.2 Å². The van der Waals surface area contributed by atoms with Gasteiger partial charge in [-0.1, -0.05) is 65.2 Å². The van der Waals surface area contributed by atoms with Crippen LogP contribution >= 0.6 is 0 Å². The highest BCUT2D eigenvalue weighted by Crippen LogP contribution is 2.45. The van der Waals surface area contributed by atoms with Gasteiger partial charge in [-0.25, -0.2) is 0 Å². The largest absolute Gasteiger partial charge is 0.299 e. The number of carbonyl (C=O) groups is 2. The Labute approximate surface area is 148 Å². The molecule has 0 aliphatic heterocycles. The molecule has 0 amide bonds. The predicted molar refractivity (Wildman–Crippen MR) is 97.7 cm³/mol. The Bertz CT molecular complexity index is 443. The molecule has 0 saturated heterocycles. The molecule has 0 aromatic heterocycles. The van der Waals surface area contributed by atoms with Crippen molar-refractivity contribution >= 4 is 11.6 Å². The van der Waals surface area contributed by atoms with Gasteiger partial charge in [-0.3, -0.25) is 9.59 Å². The zero-order chi connectivity index (χ0) is 17.1. The van der Waals surface area contributed by atoms with Crippen LogP contribution in [0.15, 0.2) is 0 Å². The van der Waals surface area contributed by atoms with Gasteiger partial charge in [0, 0.05) is 24.7 Å². The Morgan fingerprint density at radius 1 is 0.917 bits per heavy atom. The Balaban J connectivity index is 1.68. The second-order valence-electron chi connectivity index (χ2n) is 9.13. The molecule has 3 fully saturated rings. The van der Waals surface area contributed by atoms with Gasteiger partial charge in [0.05, 0.1) is 0 Å². The second kappa shape index (κ2) is 8.15. The molecule has 136 valence electrons. The van der Waals surface area contributed by atoms with Crippen LogP contribution in [-0.4, -0.2) is 11.6 Å². The molecule has 0 N–H and O–H groups in total. The van der Waals surface area contributed by atoms with Gasteiger partial charge in [0.2, 0.25) is 0 Å². The minimum absolute atomic E-state index is 0.136. The van der Waals surface area contributed by atoms with Crippen LogP contribution in [0.25, 0.3) is 0 Å². The molecule has 3 saturated carbocycles. The number of rotatable bonds is 4. The molecule has 0 heterocycles. The minimum Gasteiger partial charge on any atom is -0.299 e. The lowest BCUT2D eigenvalue weighted by Gasteiger charge is -2.43. The quantitative estimate of drug-likeness (QED) is 0.673. The summed E-state index contributed by atoms with van der Waals surface area (Å²) in [5, 5.41) is 0. The molecule has 0 bridgehead atoms. The molecule has 3 rings (SSSR count). The Kier molecular flexibility index (Phi) is 6.16. The lowest BCUT2D eigenvalue weighted by Crippen LogP contribution is -2.45. The van der Waals surface area contributed by atoms with E-state index < -0.39 is 0 Å². The van der Waals surface area contributed by atoms with Crippen LogP contribution in [-0.2, 0) is 9.59 Å². The lowest BCUT2D eigenvalue weighted by molar-refractivity contribution is -0.140. The zero-order valence-electron chi connectivity index (χ0n) is 15.8. The van der Waals surface area contributed by atoms with E-state index >= 15 is 0 Å². The van der Waals surface area contributed by atoms with Gasteiger partial charge in [0.25, 0.3) is 0 Å². The zero-order valence-corrected chi connectivity index (χ0v) is 15.8. The van der Waals surface area contributed by atoms with Crippen LogP contribution in [0.3, 0.4) is 0 Å². The summed E-state index contributed by atoms with van der Waals surface area (Å²) < 4.78 is 0. The van der Waals surface area contributed by atoms with Crippen molar-refractivity contribution in [3.8, 4) is 0 Å². The maximum atomic E-state index is 13.1. The summed E-state index contributed by atoms with van der Waals surface area (Å²) in [4.78, 5) is 25.9. The van der Waals surface area contributed by atoms with Crippen molar-refractivity contribution in [3.63, 3.8) is 0 Å². The van der Waals surface area contributed by atoms with Crippen LogP contribution in [0.1, 0.15) is 90.9 Å². The molecule has 2 nitrogen and oxygen atoms in total. The number of hydrogen-bond donors (Lipinski definition) is 0. The summed E-state index contributed by atoms with van der Waals surface area (Å²) in [7, 11) is 0. The SMILES string of the molecule is CC1CC(=O)C(C2CCCCC2)C(C)C1C(=O)CC1CCCCC1. The van der Waals surface area contributed by atoms with Crippen molar-refractivity contribution in [3.05, 3.63) is 0 Å². The van der Waals surface area contributed by atoms with E-state index in [1.54, 1.807) is 0 Å². The van der Waals surface area contributed by atoms with E-state index in [0.717, 1.165) is 6.42 Å². The number of hydrogen-bond acceptors (Lipinski definition) is 2. The van der Waals surface area contributed by atoms with Crippen molar-refractivity contribution in [1.29, 1.82) is 0 Å². The van der Waals surface area contributed by atoms with Gasteiger partial charge in [0.15, 0.2) is 0 Å². The van der Waals surface area contributed by atoms with Gasteiger partial charge in [-0.2, -0.15) is 0 Å². The molecule has 0 aromatic carbocycles. The second-order valence-corrected chi connectivity index (χ2v) is 9.13. The average Bonchev–Trinajstić information content (AvgIpc) is 2.56. The lowest BCUT2D eigenvalue weighted by atomic mass is 9.59. The monoisotopic (exact) mass is 332 g/mol. The van der Waals surface area contributed by atoms with Gasteiger partial charge >= 0.3 is 0 Å². The van der Waals surface area contributed by atoms with Crippen LogP contribution < -0.4 is 0 Å². The number of carbonyl (C=O) groups excluding carboxylic acids is 2. The highest BCUT2D eigenvalue weighted by Gasteiger charge is 2.46. The highest BCUT2D eigenvalue weighted by molar-refractivity contribution is 5.88. The third-order valence-corrected chi connectivity index (χ3v) is 7.38. The molecule has 3 aliphatic carbocycles. The summed E-state index contributed by atoms with van der Waals surface area (Å²) >= 11 is 0. The first-order valence-corrected chi connectivity index (χ1v) is 10.6. The molecule has 0 spiro atoms. The Morgan fingerprint density at radius 2 is 1.50 bits per heavy atom. The van der Waals surface area contributed by atoms with Crippen molar-refractivity contribution < 1.29 is 9.59 Å². The molecule has 0 aromatic rings. The van der Waals surface area contributed by atoms with Crippen molar-refractivity contribution in [2.24, 2.45) is 35.5 Å². The molecular formula is C22H36O2. The summed E-state index contributed by atoms with van der Waals surface area (Å²) in [6.45, 7) is 4.37. The van der Waals surface area contributed by atoms with Crippen LogP contribution in [0.5, 0.6) is 0 Å². The van der Waals surface area contributed by atoms with E-state index in [2.05, 4.69) is 13.8 Å². The normalized spacial score (nSPS) is 36.7. The molecule has 24 heavy (non-hydrogen) atoms. The first kappa shape index (κ1) is 18.1. The van der Waals surface area contributed by atoms with Gasteiger partial charge in [-0.15, -0.1) is 0 Å². The van der Waals surface area contributed by atoms with Crippen molar-refractivity contribution in [2.75, 3.05) is 0 Å². The third kappa shape index (κ3) is 3.94. The molecule has 0 radical (unpaired) electrons. The molecule has 4 atom stereocenters. The molecule has 2 heteroatoms. The standard InChI is InChI=1S/C22H36O2/c1-15-13-19(23)22(18-11-7-4-8-12-18)16(2)21(15)20(24)14-17-9-5-3-6-10-17/h15-18,21-22H,3-14H2,1-2H3. The first-order chi connectivity index (χ1) is 11.6. The fraction of sp³-hybridized carbons (Fsp3) is 0.909. The van der Waals surface area contributed by atoms with E-state index in [1.807, 2.05) is 0 Å². The smallest absolute Gasteiger partial charge is 0.136 e. The van der Waals surface area contributed by atoms with E-state index in [9.17, 15) is 9.59 Å². The van der Waals surface area contributed by atoms with Gasteiger partial charge < -0.3 is 0 Å². The number of ketones is 2. The maximum Gasteiger partial charge on any atom is 0.136 e. The molecule has 4 unspecified atom stereocenters. The fourth-order valence-electron chi connectivity index (χ4n) is 6.22. The van der Waals surface area contributed by atoms with E-state index in [4.69, 9.17) is 0 Å². The summed E-state index contributed by atoms with van der Waals surface area (Å²) in [5.74, 6) is 2.94.